The van der Waals surface area contributed by atoms with Gasteiger partial charge in [0.2, 0.25) is 0 Å². The van der Waals surface area contributed by atoms with Crippen LogP contribution >= 0.6 is 15.9 Å². The lowest BCUT2D eigenvalue weighted by atomic mass is 10.2. The van der Waals surface area contributed by atoms with E-state index in [1.807, 2.05) is 36.1 Å². The number of hydrogen-bond donors (Lipinski definition) is 1. The van der Waals surface area contributed by atoms with Gasteiger partial charge < -0.3 is 5.32 Å². The number of pyridine rings is 1. The third-order valence-electron chi connectivity index (χ3n) is 1.93. The molecule has 0 aliphatic rings. The fourth-order valence-corrected chi connectivity index (χ4v) is 1.97. The fourth-order valence-electron chi connectivity index (χ4n) is 1.38. The maximum atomic E-state index is 4.24. The first-order valence-electron chi connectivity index (χ1n) is 4.08. The highest BCUT2D eigenvalue weighted by Gasteiger charge is 2.05. The molecule has 2 heterocycles. The molecular formula is C9H10BrN3. The summed E-state index contributed by atoms with van der Waals surface area (Å²) in [6, 6.07) is 3.99. The second kappa shape index (κ2) is 3.47. The summed E-state index contributed by atoms with van der Waals surface area (Å²) in [6.45, 7) is 0.839. The SMILES string of the molecule is CNCc1cnn2cccc(Br)c12. The zero-order chi connectivity index (χ0) is 9.26. The minimum absolute atomic E-state index is 0.839. The normalized spacial score (nSPS) is 10.9. The van der Waals surface area contributed by atoms with Gasteiger partial charge in [-0.05, 0) is 35.1 Å². The number of hydrogen-bond acceptors (Lipinski definition) is 2. The van der Waals surface area contributed by atoms with E-state index in [-0.39, 0.29) is 0 Å². The van der Waals surface area contributed by atoms with Crippen molar-refractivity contribution in [1.82, 2.24) is 14.9 Å². The molecule has 0 fully saturated rings. The molecule has 0 aromatic carbocycles. The predicted octanol–water partition coefficient (Wildman–Crippen LogP) is 1.82. The molecule has 0 spiro atoms. The van der Waals surface area contributed by atoms with Crippen LogP contribution in [0.15, 0.2) is 29.0 Å². The Kier molecular flexibility index (Phi) is 2.33. The number of nitrogens with one attached hydrogen (secondary N) is 1. The maximum absolute atomic E-state index is 4.24. The van der Waals surface area contributed by atoms with Gasteiger partial charge in [0.1, 0.15) is 0 Å². The smallest absolute Gasteiger partial charge is 0.0848 e. The summed E-state index contributed by atoms with van der Waals surface area (Å²) in [5.74, 6) is 0. The van der Waals surface area contributed by atoms with Crippen LogP contribution in [0.3, 0.4) is 0 Å². The third kappa shape index (κ3) is 1.47. The first-order valence-corrected chi connectivity index (χ1v) is 4.87. The number of fused-ring (bicyclic) bond motifs is 1. The van der Waals surface area contributed by atoms with Gasteiger partial charge in [-0.2, -0.15) is 5.10 Å². The minimum Gasteiger partial charge on any atom is -0.316 e. The summed E-state index contributed by atoms with van der Waals surface area (Å²) >= 11 is 3.51. The van der Waals surface area contributed by atoms with Crippen molar-refractivity contribution in [3.05, 3.63) is 34.6 Å². The van der Waals surface area contributed by atoms with Crippen LogP contribution in [0.1, 0.15) is 5.56 Å². The molecule has 0 aliphatic carbocycles. The van der Waals surface area contributed by atoms with Crippen molar-refractivity contribution in [3.8, 4) is 0 Å². The van der Waals surface area contributed by atoms with Crippen molar-refractivity contribution < 1.29 is 0 Å². The zero-order valence-corrected chi connectivity index (χ0v) is 8.87. The number of rotatable bonds is 2. The van der Waals surface area contributed by atoms with Crippen molar-refractivity contribution in [3.63, 3.8) is 0 Å². The standard InChI is InChI=1S/C9H10BrN3/c1-11-5-7-6-12-13-4-2-3-8(10)9(7)13/h2-4,6,11H,5H2,1H3. The first-order chi connectivity index (χ1) is 6.33. The van der Waals surface area contributed by atoms with Gasteiger partial charge >= 0.3 is 0 Å². The van der Waals surface area contributed by atoms with Crippen molar-refractivity contribution in [2.75, 3.05) is 7.05 Å². The Morgan fingerprint density at radius 1 is 1.62 bits per heavy atom. The van der Waals surface area contributed by atoms with Crippen LogP contribution in [0.25, 0.3) is 5.52 Å². The number of nitrogens with zero attached hydrogens (tertiary/aromatic N) is 2. The minimum atomic E-state index is 0.839. The van der Waals surface area contributed by atoms with E-state index in [9.17, 15) is 0 Å². The Morgan fingerprint density at radius 3 is 3.23 bits per heavy atom. The van der Waals surface area contributed by atoms with E-state index in [4.69, 9.17) is 0 Å². The van der Waals surface area contributed by atoms with Crippen molar-refractivity contribution >= 4 is 21.4 Å². The summed E-state index contributed by atoms with van der Waals surface area (Å²) in [5.41, 5.74) is 2.34. The second-order valence-electron chi connectivity index (χ2n) is 2.85. The van der Waals surface area contributed by atoms with Crippen LogP contribution < -0.4 is 5.32 Å². The summed E-state index contributed by atoms with van der Waals surface area (Å²) in [5, 5.41) is 7.36. The Bertz CT molecular complexity index is 422. The highest BCUT2D eigenvalue weighted by atomic mass is 79.9. The van der Waals surface area contributed by atoms with E-state index < -0.39 is 0 Å². The van der Waals surface area contributed by atoms with Gasteiger partial charge in [0.25, 0.3) is 0 Å². The molecule has 68 valence electrons. The van der Waals surface area contributed by atoms with Crippen LogP contribution in [0.4, 0.5) is 0 Å². The maximum Gasteiger partial charge on any atom is 0.0848 e. The Hall–Kier alpha value is -0.870. The lowest BCUT2D eigenvalue weighted by molar-refractivity contribution is 0.823. The Morgan fingerprint density at radius 2 is 2.46 bits per heavy atom. The molecule has 0 radical (unpaired) electrons. The van der Waals surface area contributed by atoms with Gasteiger partial charge in [-0.15, -0.1) is 0 Å². The number of halogens is 1. The van der Waals surface area contributed by atoms with Gasteiger partial charge in [-0.25, -0.2) is 4.52 Å². The predicted molar refractivity (Wildman–Crippen MR) is 55.7 cm³/mol. The van der Waals surface area contributed by atoms with E-state index >= 15 is 0 Å². The molecule has 0 aliphatic heterocycles. The molecule has 2 aromatic rings. The summed E-state index contributed by atoms with van der Waals surface area (Å²) in [7, 11) is 1.93. The molecule has 0 amide bonds. The van der Waals surface area contributed by atoms with Crippen LogP contribution in [-0.2, 0) is 6.54 Å². The molecule has 0 atom stereocenters. The van der Waals surface area contributed by atoms with E-state index in [1.165, 1.54) is 5.56 Å². The average molecular weight is 240 g/mol. The van der Waals surface area contributed by atoms with E-state index in [0.29, 0.717) is 0 Å². The van der Waals surface area contributed by atoms with Crippen LogP contribution in [-0.4, -0.2) is 16.7 Å². The first kappa shape index (κ1) is 8.72. The van der Waals surface area contributed by atoms with Crippen molar-refractivity contribution in [1.29, 1.82) is 0 Å². The molecule has 1 N–H and O–H groups in total. The van der Waals surface area contributed by atoms with Gasteiger partial charge in [-0.3, -0.25) is 0 Å². The largest absolute Gasteiger partial charge is 0.316 e. The lowest BCUT2D eigenvalue weighted by Gasteiger charge is -1.99. The van der Waals surface area contributed by atoms with E-state index in [1.54, 1.807) is 0 Å². The van der Waals surface area contributed by atoms with Crippen LogP contribution in [0, 0.1) is 0 Å². The van der Waals surface area contributed by atoms with E-state index in [0.717, 1.165) is 16.5 Å². The molecule has 4 heteroatoms. The summed E-state index contributed by atoms with van der Waals surface area (Å²) in [6.07, 6.45) is 3.83. The average Bonchev–Trinajstić information content (AvgIpc) is 2.51. The Balaban J connectivity index is 2.64. The van der Waals surface area contributed by atoms with Gasteiger partial charge in [0.15, 0.2) is 0 Å². The van der Waals surface area contributed by atoms with Crippen LogP contribution in [0.5, 0.6) is 0 Å². The monoisotopic (exact) mass is 239 g/mol. The van der Waals surface area contributed by atoms with Gasteiger partial charge in [-0.1, -0.05) is 0 Å². The molecule has 2 rings (SSSR count). The zero-order valence-electron chi connectivity index (χ0n) is 7.29. The molecule has 0 saturated heterocycles. The molecule has 3 nitrogen and oxygen atoms in total. The topological polar surface area (TPSA) is 29.3 Å². The molecule has 13 heavy (non-hydrogen) atoms. The van der Waals surface area contributed by atoms with Crippen molar-refractivity contribution in [2.24, 2.45) is 0 Å². The fraction of sp³-hybridized carbons (Fsp3) is 0.222. The highest BCUT2D eigenvalue weighted by Crippen LogP contribution is 2.20. The van der Waals surface area contributed by atoms with Gasteiger partial charge in [0.05, 0.1) is 11.7 Å². The number of aromatic nitrogens is 2. The summed E-state index contributed by atoms with van der Waals surface area (Å²) < 4.78 is 2.95. The highest BCUT2D eigenvalue weighted by molar-refractivity contribution is 9.10. The Labute approximate surface area is 84.9 Å². The molecule has 0 unspecified atom stereocenters. The van der Waals surface area contributed by atoms with Gasteiger partial charge in [0, 0.05) is 22.8 Å². The second-order valence-corrected chi connectivity index (χ2v) is 3.70. The van der Waals surface area contributed by atoms with E-state index in [2.05, 4.69) is 26.3 Å². The summed E-state index contributed by atoms with van der Waals surface area (Å²) in [4.78, 5) is 0. The third-order valence-corrected chi connectivity index (χ3v) is 2.57. The molecule has 0 bridgehead atoms. The van der Waals surface area contributed by atoms with Crippen LogP contribution in [0.2, 0.25) is 0 Å². The molecule has 2 aromatic heterocycles. The molecule has 0 saturated carbocycles. The molecular weight excluding hydrogens is 230 g/mol. The van der Waals surface area contributed by atoms with Crippen molar-refractivity contribution in [2.45, 2.75) is 6.54 Å². The lowest BCUT2D eigenvalue weighted by Crippen LogP contribution is -2.04. The quantitative estimate of drug-likeness (QED) is 0.867.